The molecule has 2 aromatic heterocycles. The maximum atomic E-state index is 15.7. The number of carbonyl (C=O) groups is 1. The van der Waals surface area contributed by atoms with Crippen LogP contribution in [-0.2, 0) is 23.4 Å². The summed E-state index contributed by atoms with van der Waals surface area (Å²) in [6.07, 6.45) is -4.29. The molecule has 1 aliphatic heterocycles. The van der Waals surface area contributed by atoms with Crippen molar-refractivity contribution in [1.29, 1.82) is 0 Å². The molecule has 16 heteroatoms. The SMILES string of the molecule is CCNc1nc(C)nc2c1ncn2[C@@H]1O[C@](CCl)(COP(=O)(N[C@@H](C)C(=O)OC(C)C)Oc2ccccc2)[C@@H](O)[C@@H]1F. The lowest BCUT2D eigenvalue weighted by atomic mass is 9.99. The summed E-state index contributed by atoms with van der Waals surface area (Å²) in [5.41, 5.74) is -1.20. The van der Waals surface area contributed by atoms with Crippen molar-refractivity contribution in [2.45, 2.75) is 70.9 Å². The van der Waals surface area contributed by atoms with Gasteiger partial charge in [-0.25, -0.2) is 23.9 Å². The molecule has 13 nitrogen and oxygen atoms in total. The van der Waals surface area contributed by atoms with Gasteiger partial charge >= 0.3 is 13.7 Å². The molecule has 42 heavy (non-hydrogen) atoms. The Labute approximate surface area is 247 Å². The Morgan fingerprint density at radius 3 is 2.64 bits per heavy atom. The van der Waals surface area contributed by atoms with Crippen molar-refractivity contribution in [2.24, 2.45) is 0 Å². The second-order valence-electron chi connectivity index (χ2n) is 10.1. The fourth-order valence-corrected chi connectivity index (χ4v) is 6.18. The van der Waals surface area contributed by atoms with Crippen molar-refractivity contribution in [3.05, 3.63) is 42.5 Å². The van der Waals surface area contributed by atoms with E-state index in [0.717, 1.165) is 0 Å². The lowest BCUT2D eigenvalue weighted by Gasteiger charge is -2.31. The number of anilines is 1. The van der Waals surface area contributed by atoms with Crippen LogP contribution in [0, 0.1) is 6.92 Å². The van der Waals surface area contributed by atoms with E-state index in [1.807, 2.05) is 6.92 Å². The number of nitrogens with zero attached hydrogens (tertiary/aromatic N) is 4. The van der Waals surface area contributed by atoms with Gasteiger partial charge in [-0.1, -0.05) is 18.2 Å². The van der Waals surface area contributed by atoms with Crippen molar-refractivity contribution in [1.82, 2.24) is 24.6 Å². The summed E-state index contributed by atoms with van der Waals surface area (Å²) in [5.74, 6) is -0.0841. The fourth-order valence-electron chi connectivity index (χ4n) is 4.33. The summed E-state index contributed by atoms with van der Waals surface area (Å²) in [6, 6.07) is 7.00. The smallest absolute Gasteiger partial charge is 0.459 e. The molecular weight excluding hydrogens is 594 g/mol. The maximum absolute atomic E-state index is 15.7. The highest BCUT2D eigenvalue weighted by Crippen LogP contribution is 2.49. The molecule has 1 aliphatic rings. The third kappa shape index (κ3) is 6.85. The number of nitrogens with one attached hydrogen (secondary N) is 2. The van der Waals surface area contributed by atoms with Crippen LogP contribution in [0.4, 0.5) is 10.2 Å². The Kier molecular flexibility index (Phi) is 10.1. The fraction of sp³-hybridized carbons (Fsp3) is 0.538. The van der Waals surface area contributed by atoms with Crippen LogP contribution in [-0.4, -0.2) is 79.6 Å². The molecule has 1 unspecified atom stereocenters. The van der Waals surface area contributed by atoms with E-state index in [9.17, 15) is 14.5 Å². The number of hydrogen-bond donors (Lipinski definition) is 3. The molecule has 3 N–H and O–H groups in total. The van der Waals surface area contributed by atoms with Crippen LogP contribution >= 0.6 is 19.3 Å². The van der Waals surface area contributed by atoms with Crippen molar-refractivity contribution in [2.75, 3.05) is 24.3 Å². The van der Waals surface area contributed by atoms with Crippen LogP contribution in [0.1, 0.15) is 39.7 Å². The molecule has 1 aromatic carbocycles. The lowest BCUT2D eigenvalue weighted by molar-refractivity contribution is -0.149. The van der Waals surface area contributed by atoms with E-state index in [1.165, 1.54) is 30.0 Å². The summed E-state index contributed by atoms with van der Waals surface area (Å²) in [7, 11) is -4.36. The molecule has 3 aromatic rings. The number of halogens is 2. The highest BCUT2D eigenvalue weighted by Gasteiger charge is 2.57. The van der Waals surface area contributed by atoms with E-state index >= 15 is 4.39 Å². The number of hydrogen-bond acceptors (Lipinski definition) is 11. The van der Waals surface area contributed by atoms with Crippen molar-refractivity contribution in [3.63, 3.8) is 0 Å². The number of rotatable bonds is 13. The minimum absolute atomic E-state index is 0.170. The Bertz CT molecular complexity index is 1430. The van der Waals surface area contributed by atoms with Crippen molar-refractivity contribution >= 4 is 42.3 Å². The third-order valence-electron chi connectivity index (χ3n) is 6.35. The molecule has 0 spiro atoms. The minimum Gasteiger partial charge on any atom is -0.462 e. The quantitative estimate of drug-likeness (QED) is 0.143. The van der Waals surface area contributed by atoms with Gasteiger partial charge in [-0.3, -0.25) is 13.9 Å². The first-order valence-corrected chi connectivity index (χ1v) is 15.5. The largest absolute Gasteiger partial charge is 0.462 e. The van der Waals surface area contributed by atoms with Crippen LogP contribution in [0.25, 0.3) is 11.2 Å². The Morgan fingerprint density at radius 1 is 1.29 bits per heavy atom. The summed E-state index contributed by atoms with van der Waals surface area (Å²) in [4.78, 5) is 25.5. The van der Waals surface area contributed by atoms with Gasteiger partial charge in [-0.15, -0.1) is 11.6 Å². The van der Waals surface area contributed by atoms with Gasteiger partial charge in [0.1, 0.15) is 29.3 Å². The van der Waals surface area contributed by atoms with Crippen molar-refractivity contribution in [3.8, 4) is 5.75 Å². The number of carbonyl (C=O) groups excluding carboxylic acids is 1. The maximum Gasteiger partial charge on any atom is 0.459 e. The van der Waals surface area contributed by atoms with E-state index in [0.29, 0.717) is 23.7 Å². The number of aryl methyl sites for hydroxylation is 1. The molecule has 230 valence electrons. The van der Waals surface area contributed by atoms with E-state index < -0.39 is 62.5 Å². The molecule has 1 saturated heterocycles. The summed E-state index contributed by atoms with van der Waals surface area (Å²) in [6.45, 7) is 8.26. The molecule has 0 radical (unpaired) electrons. The van der Waals surface area contributed by atoms with Crippen molar-refractivity contribution < 1.29 is 37.4 Å². The number of esters is 1. The van der Waals surface area contributed by atoms with Gasteiger partial charge in [0.15, 0.2) is 29.4 Å². The zero-order valence-electron chi connectivity index (χ0n) is 23.9. The van der Waals surface area contributed by atoms with E-state index in [4.69, 9.17) is 30.1 Å². The minimum atomic E-state index is -4.36. The number of imidazole rings is 1. The summed E-state index contributed by atoms with van der Waals surface area (Å²) < 4.78 is 53.6. The second kappa shape index (κ2) is 13.2. The monoisotopic (exact) mass is 628 g/mol. The predicted octanol–water partition coefficient (Wildman–Crippen LogP) is 3.91. The number of aromatic nitrogens is 4. The number of benzene rings is 1. The highest BCUT2D eigenvalue weighted by molar-refractivity contribution is 7.52. The van der Waals surface area contributed by atoms with Gasteiger partial charge in [0, 0.05) is 6.54 Å². The van der Waals surface area contributed by atoms with Crippen LogP contribution in [0.15, 0.2) is 36.7 Å². The van der Waals surface area contributed by atoms with Gasteiger partial charge in [0.25, 0.3) is 0 Å². The van der Waals surface area contributed by atoms with Crippen LogP contribution in [0.3, 0.4) is 0 Å². The summed E-state index contributed by atoms with van der Waals surface area (Å²) in [5, 5.41) is 16.7. The van der Waals surface area contributed by atoms with Gasteiger partial charge in [0.2, 0.25) is 0 Å². The normalized spacial score (nSPS) is 24.5. The first kappa shape index (κ1) is 32.1. The Hall–Kier alpha value is -2.87. The first-order chi connectivity index (χ1) is 19.9. The standard InChI is InChI=1S/C26H35ClFN6O7P/c1-6-29-22-20-23(32-17(5)31-22)34(14-30-20)24-19(28)21(35)26(12-27,40-24)13-38-42(37,41-18-10-8-7-9-11-18)33-16(4)25(36)39-15(2)3/h7-11,14-16,19,21,24,35H,6,12-13H2,1-5H3,(H,33,37)(H,29,31,32)/t16-,19-,21-,24+,26+,42?/m0/s1. The zero-order chi connectivity index (χ0) is 30.7. The Balaban J connectivity index is 1.61. The molecule has 0 bridgehead atoms. The molecule has 3 heterocycles. The molecule has 0 aliphatic carbocycles. The van der Waals surface area contributed by atoms with Gasteiger partial charge in [-0.05, 0) is 46.8 Å². The topological polar surface area (TPSA) is 159 Å². The van der Waals surface area contributed by atoms with E-state index in [-0.39, 0.29) is 11.4 Å². The number of alkyl halides is 2. The number of ether oxygens (including phenoxy) is 2. The predicted molar refractivity (Wildman–Crippen MR) is 153 cm³/mol. The molecule has 1 fully saturated rings. The van der Waals surface area contributed by atoms with E-state index in [1.54, 1.807) is 39.0 Å². The van der Waals surface area contributed by atoms with Crippen LogP contribution in [0.2, 0.25) is 0 Å². The molecule has 6 atom stereocenters. The third-order valence-corrected chi connectivity index (χ3v) is 8.43. The van der Waals surface area contributed by atoms with Gasteiger partial charge in [0.05, 0.1) is 24.9 Å². The van der Waals surface area contributed by atoms with Crippen LogP contribution in [0.5, 0.6) is 5.75 Å². The second-order valence-corrected chi connectivity index (χ2v) is 12.0. The molecule has 0 amide bonds. The average molecular weight is 629 g/mol. The van der Waals surface area contributed by atoms with Gasteiger partial charge in [-0.2, -0.15) is 5.09 Å². The number of para-hydroxylation sites is 1. The van der Waals surface area contributed by atoms with E-state index in [2.05, 4.69) is 25.4 Å². The lowest BCUT2D eigenvalue weighted by Crippen LogP contribution is -2.48. The van der Waals surface area contributed by atoms with Crippen LogP contribution < -0.4 is 14.9 Å². The van der Waals surface area contributed by atoms with Gasteiger partial charge < -0.3 is 24.4 Å². The molecule has 4 rings (SSSR count). The average Bonchev–Trinajstić information content (AvgIpc) is 3.46. The molecular formula is C26H35ClFN6O7P. The Morgan fingerprint density at radius 2 is 2.00 bits per heavy atom. The highest BCUT2D eigenvalue weighted by atomic mass is 35.5. The molecule has 0 saturated carbocycles. The first-order valence-electron chi connectivity index (χ1n) is 13.4. The number of fused-ring (bicyclic) bond motifs is 1. The number of aliphatic hydroxyl groups is 1. The zero-order valence-corrected chi connectivity index (χ0v) is 25.5. The summed E-state index contributed by atoms with van der Waals surface area (Å²) >= 11 is 6.25. The number of aliphatic hydroxyl groups excluding tert-OH is 1.